The second-order valence-electron chi connectivity index (χ2n) is 5.50. The first-order valence-corrected chi connectivity index (χ1v) is 7.21. The molecule has 0 unspecified atom stereocenters. The quantitative estimate of drug-likeness (QED) is 0.907. The molecular weight excluding hydrogens is 254 g/mol. The Morgan fingerprint density at radius 3 is 2.85 bits per heavy atom. The van der Waals surface area contributed by atoms with Crippen molar-refractivity contribution in [3.05, 3.63) is 17.3 Å². The fourth-order valence-corrected chi connectivity index (χ4v) is 2.87. The summed E-state index contributed by atoms with van der Waals surface area (Å²) in [7, 11) is 1.93. The SMILES string of the molecule is Cc1nn(C)c(C)c1-c1noc([C@H]2CCCNCC2)n1. The van der Waals surface area contributed by atoms with Gasteiger partial charge in [-0.3, -0.25) is 4.68 Å². The van der Waals surface area contributed by atoms with Crippen molar-refractivity contribution in [1.29, 1.82) is 0 Å². The number of aryl methyl sites for hydroxylation is 2. The molecule has 1 N–H and O–H groups in total. The Morgan fingerprint density at radius 2 is 2.10 bits per heavy atom. The van der Waals surface area contributed by atoms with Gasteiger partial charge in [0.2, 0.25) is 11.7 Å². The van der Waals surface area contributed by atoms with E-state index in [2.05, 4.69) is 20.6 Å². The smallest absolute Gasteiger partial charge is 0.230 e. The van der Waals surface area contributed by atoms with Gasteiger partial charge < -0.3 is 9.84 Å². The minimum absolute atomic E-state index is 0.378. The lowest BCUT2D eigenvalue weighted by Crippen LogP contribution is -2.13. The van der Waals surface area contributed by atoms with E-state index in [0.717, 1.165) is 55.2 Å². The van der Waals surface area contributed by atoms with Gasteiger partial charge >= 0.3 is 0 Å². The van der Waals surface area contributed by atoms with E-state index in [-0.39, 0.29) is 0 Å². The summed E-state index contributed by atoms with van der Waals surface area (Å²) >= 11 is 0. The van der Waals surface area contributed by atoms with Crippen molar-refractivity contribution in [2.24, 2.45) is 7.05 Å². The highest BCUT2D eigenvalue weighted by Crippen LogP contribution is 2.29. The van der Waals surface area contributed by atoms with Crippen LogP contribution in [0.15, 0.2) is 4.52 Å². The van der Waals surface area contributed by atoms with E-state index in [1.165, 1.54) is 0 Å². The number of hydrogen-bond donors (Lipinski definition) is 1. The van der Waals surface area contributed by atoms with Gasteiger partial charge in [-0.1, -0.05) is 5.16 Å². The molecule has 2 aromatic rings. The molecular formula is C14H21N5O. The molecule has 6 heteroatoms. The molecule has 0 radical (unpaired) electrons. The molecule has 0 aliphatic carbocycles. The van der Waals surface area contributed by atoms with Crippen molar-refractivity contribution in [2.75, 3.05) is 13.1 Å². The van der Waals surface area contributed by atoms with E-state index in [1.807, 2.05) is 25.6 Å². The number of rotatable bonds is 2. The second kappa shape index (κ2) is 5.36. The molecule has 0 saturated carbocycles. The third kappa shape index (κ3) is 2.35. The first-order chi connectivity index (χ1) is 9.66. The van der Waals surface area contributed by atoms with E-state index in [0.29, 0.717) is 11.7 Å². The van der Waals surface area contributed by atoms with E-state index in [9.17, 15) is 0 Å². The Kier molecular flexibility index (Phi) is 3.56. The molecule has 3 rings (SSSR count). The molecule has 108 valence electrons. The van der Waals surface area contributed by atoms with Gasteiger partial charge in [0.25, 0.3) is 0 Å². The Bertz CT molecular complexity index is 593. The average molecular weight is 275 g/mol. The van der Waals surface area contributed by atoms with Gasteiger partial charge in [-0.2, -0.15) is 10.1 Å². The highest BCUT2D eigenvalue weighted by Gasteiger charge is 2.23. The van der Waals surface area contributed by atoms with Crippen LogP contribution in [0, 0.1) is 13.8 Å². The van der Waals surface area contributed by atoms with Crippen LogP contribution in [0.2, 0.25) is 0 Å². The van der Waals surface area contributed by atoms with Gasteiger partial charge in [-0.25, -0.2) is 0 Å². The van der Waals surface area contributed by atoms with Crippen molar-refractivity contribution >= 4 is 0 Å². The van der Waals surface area contributed by atoms with Crippen molar-refractivity contribution in [2.45, 2.75) is 39.0 Å². The predicted molar refractivity (Wildman–Crippen MR) is 75.4 cm³/mol. The first kappa shape index (κ1) is 13.3. The predicted octanol–water partition coefficient (Wildman–Crippen LogP) is 1.94. The van der Waals surface area contributed by atoms with Crippen LogP contribution in [0.5, 0.6) is 0 Å². The maximum Gasteiger partial charge on any atom is 0.230 e. The molecule has 1 aliphatic heterocycles. The van der Waals surface area contributed by atoms with Gasteiger partial charge in [0, 0.05) is 18.7 Å². The van der Waals surface area contributed by atoms with Crippen molar-refractivity contribution in [1.82, 2.24) is 25.2 Å². The molecule has 0 amide bonds. The Labute approximate surface area is 118 Å². The lowest BCUT2D eigenvalue weighted by atomic mass is 10.0. The van der Waals surface area contributed by atoms with Crippen LogP contribution in [0.25, 0.3) is 11.4 Å². The van der Waals surface area contributed by atoms with Gasteiger partial charge in [0.05, 0.1) is 11.3 Å². The summed E-state index contributed by atoms with van der Waals surface area (Å²) < 4.78 is 7.36. The van der Waals surface area contributed by atoms with Gasteiger partial charge in [0.1, 0.15) is 0 Å². The van der Waals surface area contributed by atoms with Crippen LogP contribution in [0.1, 0.15) is 42.5 Å². The Hall–Kier alpha value is -1.69. The van der Waals surface area contributed by atoms with Gasteiger partial charge in [-0.05, 0) is 46.2 Å². The highest BCUT2D eigenvalue weighted by molar-refractivity contribution is 5.60. The summed E-state index contributed by atoms with van der Waals surface area (Å²) in [6, 6.07) is 0. The number of aromatic nitrogens is 4. The number of nitrogens with zero attached hydrogens (tertiary/aromatic N) is 4. The van der Waals surface area contributed by atoms with E-state index in [1.54, 1.807) is 0 Å². The van der Waals surface area contributed by atoms with E-state index in [4.69, 9.17) is 4.52 Å². The molecule has 0 aromatic carbocycles. The van der Waals surface area contributed by atoms with Crippen molar-refractivity contribution in [3.8, 4) is 11.4 Å². The lowest BCUT2D eigenvalue weighted by molar-refractivity contribution is 0.343. The highest BCUT2D eigenvalue weighted by atomic mass is 16.5. The monoisotopic (exact) mass is 275 g/mol. The van der Waals surface area contributed by atoms with Crippen molar-refractivity contribution < 1.29 is 4.52 Å². The van der Waals surface area contributed by atoms with Crippen LogP contribution in [-0.4, -0.2) is 33.0 Å². The van der Waals surface area contributed by atoms with Crippen molar-refractivity contribution in [3.63, 3.8) is 0 Å². The molecule has 0 spiro atoms. The molecule has 1 fully saturated rings. The second-order valence-corrected chi connectivity index (χ2v) is 5.50. The summed E-state index contributed by atoms with van der Waals surface area (Å²) in [5, 5.41) is 12.0. The maximum atomic E-state index is 5.51. The number of nitrogens with one attached hydrogen (secondary N) is 1. The molecule has 20 heavy (non-hydrogen) atoms. The summed E-state index contributed by atoms with van der Waals surface area (Å²) in [5.74, 6) is 1.81. The molecule has 3 heterocycles. The Morgan fingerprint density at radius 1 is 1.25 bits per heavy atom. The standard InChI is InChI=1S/C14H21N5O/c1-9-12(10(2)19(3)17-9)13-16-14(20-18-13)11-5-4-7-15-8-6-11/h11,15H,4-8H2,1-3H3/t11-/m0/s1. The van der Waals surface area contributed by atoms with Crippen LogP contribution < -0.4 is 5.32 Å². The van der Waals surface area contributed by atoms with Gasteiger partial charge in [-0.15, -0.1) is 0 Å². The molecule has 6 nitrogen and oxygen atoms in total. The topological polar surface area (TPSA) is 68.8 Å². The summed E-state index contributed by atoms with van der Waals surface area (Å²) in [6.45, 7) is 6.11. The normalized spacial score (nSPS) is 20.1. The fraction of sp³-hybridized carbons (Fsp3) is 0.643. The lowest BCUT2D eigenvalue weighted by Gasteiger charge is -2.06. The molecule has 1 saturated heterocycles. The first-order valence-electron chi connectivity index (χ1n) is 7.21. The molecule has 1 atom stereocenters. The van der Waals surface area contributed by atoms with Crippen LogP contribution in [0.4, 0.5) is 0 Å². The van der Waals surface area contributed by atoms with E-state index < -0.39 is 0 Å². The Balaban J connectivity index is 1.89. The number of hydrogen-bond acceptors (Lipinski definition) is 5. The zero-order valence-electron chi connectivity index (χ0n) is 12.3. The zero-order valence-corrected chi connectivity index (χ0v) is 12.3. The van der Waals surface area contributed by atoms with Crippen LogP contribution in [0.3, 0.4) is 0 Å². The van der Waals surface area contributed by atoms with Crippen LogP contribution in [-0.2, 0) is 7.05 Å². The van der Waals surface area contributed by atoms with E-state index >= 15 is 0 Å². The van der Waals surface area contributed by atoms with Gasteiger partial charge in [0.15, 0.2) is 0 Å². The summed E-state index contributed by atoms with van der Waals surface area (Å²) in [5.41, 5.74) is 3.01. The molecule has 1 aliphatic rings. The average Bonchev–Trinajstić information content (AvgIpc) is 2.85. The third-order valence-corrected chi connectivity index (χ3v) is 4.10. The molecule has 0 bridgehead atoms. The van der Waals surface area contributed by atoms with Crippen LogP contribution >= 0.6 is 0 Å². The largest absolute Gasteiger partial charge is 0.339 e. The minimum atomic E-state index is 0.378. The minimum Gasteiger partial charge on any atom is -0.339 e. The maximum absolute atomic E-state index is 5.51. The third-order valence-electron chi connectivity index (χ3n) is 4.10. The summed E-state index contributed by atoms with van der Waals surface area (Å²) in [4.78, 5) is 4.62. The fourth-order valence-electron chi connectivity index (χ4n) is 2.87. The molecule has 2 aromatic heterocycles. The zero-order chi connectivity index (χ0) is 14.1. The summed E-state index contributed by atoms with van der Waals surface area (Å²) in [6.07, 6.45) is 3.33.